The quantitative estimate of drug-likeness (QED) is 0.281. The monoisotopic (exact) mass is 810 g/mol. The molecule has 13 rings (SSSR count). The summed E-state index contributed by atoms with van der Waals surface area (Å²) in [5.74, 6) is 14.9. The van der Waals surface area contributed by atoms with Crippen molar-refractivity contribution in [2.24, 2.45) is 88.3 Å². The van der Waals surface area contributed by atoms with Crippen molar-refractivity contribution in [3.63, 3.8) is 0 Å². The number of nitrogens with zero attached hydrogens (tertiary/aromatic N) is 1. The van der Waals surface area contributed by atoms with E-state index >= 15 is 0 Å². The van der Waals surface area contributed by atoms with Crippen molar-refractivity contribution in [1.82, 2.24) is 4.90 Å². The van der Waals surface area contributed by atoms with Crippen LogP contribution in [0.15, 0.2) is 0 Å². The van der Waals surface area contributed by atoms with Gasteiger partial charge < -0.3 is 4.74 Å². The Hall–Kier alpha value is 0.270. The summed E-state index contributed by atoms with van der Waals surface area (Å²) in [5.41, 5.74) is 0.756. The summed E-state index contributed by atoms with van der Waals surface area (Å²) in [7, 11) is 0. The summed E-state index contributed by atoms with van der Waals surface area (Å²) in [6, 6.07) is 2.74. The minimum atomic E-state index is 0.624. The number of hydrogen-bond donors (Lipinski definition) is 0. The van der Waals surface area contributed by atoms with E-state index in [1.165, 1.54) is 70.6 Å². The van der Waals surface area contributed by atoms with Crippen molar-refractivity contribution in [1.29, 1.82) is 0 Å². The molecule has 0 bridgehead atoms. The molecule has 324 valence electrons. The van der Waals surface area contributed by atoms with E-state index in [0.717, 1.165) is 117 Å². The van der Waals surface area contributed by atoms with Gasteiger partial charge in [0, 0.05) is 34.5 Å². The van der Waals surface area contributed by atoms with Crippen LogP contribution in [0.1, 0.15) is 212 Å². The first kappa shape index (κ1) is 38.7. The van der Waals surface area contributed by atoms with Crippen LogP contribution in [0.3, 0.4) is 0 Å². The SMILES string of the molecule is C1CCC(N(C2CCCC(C3CCCC4C5CCC6OC7CCCCC7C6C5SC34)C2)C2CCC3C4CCCCC4C4(C5CCCCC5C5CCCCC54)C3C2)CC1. The Labute approximate surface area is 360 Å². The van der Waals surface area contributed by atoms with E-state index < -0.39 is 0 Å². The Morgan fingerprint density at radius 2 is 0.879 bits per heavy atom. The summed E-state index contributed by atoms with van der Waals surface area (Å²) in [5, 5.41) is 1.93. The molecular formula is C55H87NOS. The molecule has 3 heteroatoms. The number of fused-ring (bicyclic) bond motifs is 17. The maximum absolute atomic E-state index is 6.95. The van der Waals surface area contributed by atoms with Crippen LogP contribution in [0, 0.1) is 88.3 Å². The van der Waals surface area contributed by atoms with Crippen molar-refractivity contribution in [3.05, 3.63) is 0 Å². The Morgan fingerprint density at radius 1 is 0.345 bits per heavy atom. The minimum Gasteiger partial charge on any atom is -0.374 e. The fourth-order valence-corrected chi connectivity index (χ4v) is 24.8. The second-order valence-electron chi connectivity index (χ2n) is 25.0. The molecule has 0 aromatic rings. The molecule has 2 nitrogen and oxygen atoms in total. The van der Waals surface area contributed by atoms with Gasteiger partial charge in [0.1, 0.15) is 0 Å². The first-order chi connectivity index (χ1) is 28.8. The first-order valence-corrected chi connectivity index (χ1v) is 28.8. The molecule has 0 amide bonds. The van der Waals surface area contributed by atoms with Crippen LogP contribution in [0.25, 0.3) is 0 Å². The van der Waals surface area contributed by atoms with Gasteiger partial charge in [-0.25, -0.2) is 0 Å². The molecule has 11 saturated carbocycles. The molecule has 2 saturated heterocycles. The van der Waals surface area contributed by atoms with E-state index in [-0.39, 0.29) is 0 Å². The van der Waals surface area contributed by atoms with E-state index in [4.69, 9.17) is 4.74 Å². The highest BCUT2D eigenvalue weighted by Gasteiger charge is 2.72. The average molecular weight is 810 g/mol. The Kier molecular flexibility index (Phi) is 10.5. The normalized spacial score (nSPS) is 56.4. The van der Waals surface area contributed by atoms with Crippen molar-refractivity contribution in [2.75, 3.05) is 0 Å². The van der Waals surface area contributed by atoms with Gasteiger partial charge in [-0.15, -0.1) is 0 Å². The lowest BCUT2D eigenvalue weighted by molar-refractivity contribution is -0.0651. The highest BCUT2D eigenvalue weighted by atomic mass is 32.2. The number of hydrogen-bond acceptors (Lipinski definition) is 3. The van der Waals surface area contributed by atoms with Crippen LogP contribution in [0.2, 0.25) is 0 Å². The lowest BCUT2D eigenvalue weighted by Crippen LogP contribution is -2.56. The molecule has 0 aromatic heterocycles. The molecule has 0 radical (unpaired) electrons. The summed E-state index contributed by atoms with van der Waals surface area (Å²) in [4.78, 5) is 3.49. The lowest BCUT2D eigenvalue weighted by atomic mass is 9.52. The molecule has 13 fully saturated rings. The van der Waals surface area contributed by atoms with E-state index in [1.54, 1.807) is 141 Å². The van der Waals surface area contributed by atoms with Gasteiger partial charge >= 0.3 is 0 Å². The zero-order valence-electron chi connectivity index (χ0n) is 37.2. The second kappa shape index (κ2) is 15.8. The van der Waals surface area contributed by atoms with Crippen LogP contribution in [0.5, 0.6) is 0 Å². The van der Waals surface area contributed by atoms with Gasteiger partial charge in [0.25, 0.3) is 0 Å². The molecule has 11 aliphatic carbocycles. The lowest BCUT2D eigenvalue weighted by Gasteiger charge is -2.55. The van der Waals surface area contributed by atoms with Crippen LogP contribution in [0.4, 0.5) is 0 Å². The molecule has 0 N–H and O–H groups in total. The molecule has 58 heavy (non-hydrogen) atoms. The number of rotatable bonds is 4. The third kappa shape index (κ3) is 5.93. The van der Waals surface area contributed by atoms with Gasteiger partial charge in [-0.05, 0) is 204 Å². The van der Waals surface area contributed by atoms with Crippen LogP contribution >= 0.6 is 11.8 Å². The second-order valence-corrected chi connectivity index (χ2v) is 26.4. The van der Waals surface area contributed by atoms with Gasteiger partial charge in [0.05, 0.1) is 12.2 Å². The maximum atomic E-state index is 6.95. The fraction of sp³-hybridized carbons (Fsp3) is 1.00. The van der Waals surface area contributed by atoms with Crippen LogP contribution < -0.4 is 0 Å². The molecule has 2 aliphatic heterocycles. The summed E-state index contributed by atoms with van der Waals surface area (Å²) in [6.07, 6.45) is 52.7. The highest BCUT2D eigenvalue weighted by Crippen LogP contribution is 2.78. The predicted octanol–water partition coefficient (Wildman–Crippen LogP) is 14.3. The molecule has 0 aromatic carbocycles. The molecule has 20 atom stereocenters. The Morgan fingerprint density at radius 3 is 1.62 bits per heavy atom. The van der Waals surface area contributed by atoms with Gasteiger partial charge in [-0.1, -0.05) is 89.9 Å². The molecular weight excluding hydrogens is 723 g/mol. The largest absolute Gasteiger partial charge is 0.374 e. The Balaban J connectivity index is 0.790. The van der Waals surface area contributed by atoms with Gasteiger partial charge in [-0.2, -0.15) is 11.8 Å². The smallest absolute Gasteiger partial charge is 0.0621 e. The molecule has 20 unspecified atom stereocenters. The predicted molar refractivity (Wildman–Crippen MR) is 241 cm³/mol. The third-order valence-corrected chi connectivity index (χ3v) is 25.5. The van der Waals surface area contributed by atoms with E-state index in [0.29, 0.717) is 12.2 Å². The molecule has 2 heterocycles. The summed E-state index contributed by atoms with van der Waals surface area (Å²) < 4.78 is 6.95. The van der Waals surface area contributed by atoms with E-state index in [2.05, 4.69) is 16.7 Å². The summed E-state index contributed by atoms with van der Waals surface area (Å²) in [6.45, 7) is 0. The van der Waals surface area contributed by atoms with Gasteiger partial charge in [0.2, 0.25) is 0 Å². The van der Waals surface area contributed by atoms with Crippen molar-refractivity contribution >= 4 is 11.8 Å². The minimum absolute atomic E-state index is 0.624. The third-order valence-electron chi connectivity index (χ3n) is 23.5. The molecule has 1 spiro atoms. The van der Waals surface area contributed by atoms with E-state index in [9.17, 15) is 0 Å². The van der Waals surface area contributed by atoms with E-state index in [1.807, 2.05) is 0 Å². The number of ether oxygens (including phenoxy) is 1. The van der Waals surface area contributed by atoms with Crippen molar-refractivity contribution in [2.45, 2.75) is 253 Å². The Bertz CT molecular complexity index is 1420. The first-order valence-electron chi connectivity index (χ1n) is 27.9. The van der Waals surface area contributed by atoms with Gasteiger partial charge in [-0.3, -0.25) is 4.90 Å². The van der Waals surface area contributed by atoms with Crippen molar-refractivity contribution < 1.29 is 4.74 Å². The van der Waals surface area contributed by atoms with Crippen LogP contribution in [-0.2, 0) is 4.74 Å². The topological polar surface area (TPSA) is 12.5 Å². The molecule has 13 aliphatic rings. The fourth-order valence-electron chi connectivity index (χ4n) is 22.3. The van der Waals surface area contributed by atoms with Gasteiger partial charge in [0.15, 0.2) is 0 Å². The standard InChI is InChI=1S/C55H87NOS/c1-2-15-35(16-3-1)56(37-28-29-42-41-20-6-10-26-48(41)55(49(42)33-37)46-24-8-4-18-39(46)40-19-5-9-25-47(40)55)36-17-12-14-34(32-36)38-22-13-23-43-44-30-31-51-52(54(44)58-53(38)43)45-21-7-11-27-50(45)57-51/h34-54H,1-33H2. The highest BCUT2D eigenvalue weighted by molar-refractivity contribution is 8.00. The average Bonchev–Trinajstić information content (AvgIpc) is 4.02. The van der Waals surface area contributed by atoms with Crippen molar-refractivity contribution in [3.8, 4) is 0 Å². The zero-order valence-corrected chi connectivity index (χ0v) is 38.0. The maximum Gasteiger partial charge on any atom is 0.0621 e. The van der Waals surface area contributed by atoms with Crippen LogP contribution in [-0.4, -0.2) is 45.7 Å². The zero-order chi connectivity index (χ0) is 38.0. The summed E-state index contributed by atoms with van der Waals surface area (Å²) >= 11 is 2.63. The number of thioether (sulfide) groups is 1.